The lowest BCUT2D eigenvalue weighted by Gasteiger charge is -2.02. The highest BCUT2D eigenvalue weighted by Gasteiger charge is 2.02. The Labute approximate surface area is 88.7 Å². The number of nitrogens with one attached hydrogen (secondary N) is 1. The van der Waals surface area contributed by atoms with E-state index in [1.807, 2.05) is 0 Å². The number of hydrogen-bond donors (Lipinski definition) is 1. The van der Waals surface area contributed by atoms with Crippen LogP contribution >= 0.6 is 23.1 Å². The van der Waals surface area contributed by atoms with Crippen molar-refractivity contribution in [3.05, 3.63) is 35.4 Å². The van der Waals surface area contributed by atoms with Crippen molar-refractivity contribution in [2.45, 2.75) is 0 Å². The number of aromatic nitrogens is 2. The second-order valence-corrected chi connectivity index (χ2v) is 3.69. The van der Waals surface area contributed by atoms with Crippen LogP contribution < -0.4 is 5.32 Å². The second kappa shape index (κ2) is 3.89. The first-order chi connectivity index (χ1) is 6.75. The molecule has 14 heavy (non-hydrogen) atoms. The molecule has 0 fully saturated rings. The summed E-state index contributed by atoms with van der Waals surface area (Å²) in [6.45, 7) is 0. The van der Waals surface area contributed by atoms with Crippen molar-refractivity contribution < 1.29 is 4.39 Å². The van der Waals surface area contributed by atoms with Crippen molar-refractivity contribution in [3.8, 4) is 0 Å². The zero-order valence-electron chi connectivity index (χ0n) is 6.87. The summed E-state index contributed by atoms with van der Waals surface area (Å²) in [6, 6.07) is 4.38. The highest BCUT2D eigenvalue weighted by molar-refractivity contribution is 7.09. The molecular formula is C8H5ClFN3S. The molecule has 0 saturated carbocycles. The first-order valence-electron chi connectivity index (χ1n) is 3.74. The van der Waals surface area contributed by atoms with Gasteiger partial charge in [0.2, 0.25) is 5.13 Å². The Bertz CT molecular complexity index is 432. The Morgan fingerprint density at radius 3 is 2.93 bits per heavy atom. The molecule has 0 aliphatic rings. The predicted octanol–water partition coefficient (Wildman–Crippen LogP) is 3.07. The van der Waals surface area contributed by atoms with Crippen molar-refractivity contribution in [1.29, 1.82) is 0 Å². The Morgan fingerprint density at radius 2 is 2.29 bits per heavy atom. The molecule has 6 heteroatoms. The van der Waals surface area contributed by atoms with Gasteiger partial charge in [-0.05, 0) is 18.2 Å². The molecule has 72 valence electrons. The van der Waals surface area contributed by atoms with Crippen LogP contribution in [0.25, 0.3) is 0 Å². The number of anilines is 2. The molecule has 3 nitrogen and oxygen atoms in total. The summed E-state index contributed by atoms with van der Waals surface area (Å²) in [6.07, 6.45) is 1.44. The molecule has 0 aliphatic heterocycles. The summed E-state index contributed by atoms with van der Waals surface area (Å²) in [7, 11) is 0. The average molecular weight is 230 g/mol. The van der Waals surface area contributed by atoms with Gasteiger partial charge in [0, 0.05) is 17.2 Å². The van der Waals surface area contributed by atoms with Crippen LogP contribution in [0, 0.1) is 5.82 Å². The minimum Gasteiger partial charge on any atom is -0.330 e. The molecular weight excluding hydrogens is 225 g/mol. The molecule has 1 aromatic carbocycles. The van der Waals surface area contributed by atoms with Gasteiger partial charge < -0.3 is 5.32 Å². The third-order valence-electron chi connectivity index (χ3n) is 1.53. The molecule has 0 unspecified atom stereocenters. The number of halogens is 2. The summed E-state index contributed by atoms with van der Waals surface area (Å²) in [4.78, 5) is 3.92. The zero-order chi connectivity index (χ0) is 9.97. The summed E-state index contributed by atoms with van der Waals surface area (Å²) in [5.41, 5.74) is 0.688. The van der Waals surface area contributed by atoms with Gasteiger partial charge in [0.25, 0.3) is 0 Å². The predicted molar refractivity (Wildman–Crippen MR) is 54.6 cm³/mol. The van der Waals surface area contributed by atoms with Gasteiger partial charge in [0.1, 0.15) is 12.1 Å². The SMILES string of the molecule is Fc1ccc(Nc2ncns2)cc1Cl. The van der Waals surface area contributed by atoms with Crippen LogP contribution in [0.5, 0.6) is 0 Å². The minimum absolute atomic E-state index is 0.0829. The fourth-order valence-electron chi connectivity index (χ4n) is 0.926. The van der Waals surface area contributed by atoms with Gasteiger partial charge in [0.15, 0.2) is 0 Å². The minimum atomic E-state index is -0.436. The lowest BCUT2D eigenvalue weighted by molar-refractivity contribution is 0.628. The van der Waals surface area contributed by atoms with E-state index in [0.29, 0.717) is 10.8 Å². The van der Waals surface area contributed by atoms with Crippen LogP contribution in [0.4, 0.5) is 15.2 Å². The normalized spacial score (nSPS) is 10.1. The van der Waals surface area contributed by atoms with Gasteiger partial charge in [-0.2, -0.15) is 4.37 Å². The smallest absolute Gasteiger partial charge is 0.206 e. The first kappa shape index (κ1) is 9.36. The van der Waals surface area contributed by atoms with E-state index in [-0.39, 0.29) is 5.02 Å². The Balaban J connectivity index is 2.22. The number of nitrogens with zero attached hydrogens (tertiary/aromatic N) is 2. The Morgan fingerprint density at radius 1 is 1.43 bits per heavy atom. The largest absolute Gasteiger partial charge is 0.330 e. The average Bonchev–Trinajstić information content (AvgIpc) is 2.64. The van der Waals surface area contributed by atoms with E-state index in [2.05, 4.69) is 14.7 Å². The quantitative estimate of drug-likeness (QED) is 0.860. The lowest BCUT2D eigenvalue weighted by Crippen LogP contribution is -1.89. The standard InChI is InChI=1S/C8H5ClFN3S/c9-6-3-5(1-2-7(6)10)13-8-11-4-12-14-8/h1-4H,(H,11,12,13). The van der Waals surface area contributed by atoms with Crippen LogP contribution in [0.3, 0.4) is 0 Å². The monoisotopic (exact) mass is 229 g/mol. The second-order valence-electron chi connectivity index (χ2n) is 2.50. The van der Waals surface area contributed by atoms with Crippen LogP contribution in [0.2, 0.25) is 5.02 Å². The first-order valence-corrected chi connectivity index (χ1v) is 4.89. The Kier molecular flexibility index (Phi) is 2.60. The van der Waals surface area contributed by atoms with E-state index in [9.17, 15) is 4.39 Å². The van der Waals surface area contributed by atoms with Gasteiger partial charge in [0.05, 0.1) is 5.02 Å². The van der Waals surface area contributed by atoms with Crippen LogP contribution in [-0.2, 0) is 0 Å². The number of hydrogen-bond acceptors (Lipinski definition) is 4. The van der Waals surface area contributed by atoms with Crippen molar-refractivity contribution in [2.75, 3.05) is 5.32 Å². The third kappa shape index (κ3) is 2.00. The van der Waals surface area contributed by atoms with E-state index in [1.54, 1.807) is 6.07 Å². The molecule has 0 spiro atoms. The fraction of sp³-hybridized carbons (Fsp3) is 0. The molecule has 0 saturated heterocycles. The molecule has 2 rings (SSSR count). The molecule has 1 N–H and O–H groups in total. The third-order valence-corrected chi connectivity index (χ3v) is 2.40. The van der Waals surface area contributed by atoms with E-state index in [1.165, 1.54) is 30.0 Å². The van der Waals surface area contributed by atoms with Crippen molar-refractivity contribution in [1.82, 2.24) is 9.36 Å². The zero-order valence-corrected chi connectivity index (χ0v) is 8.44. The molecule has 0 aliphatic carbocycles. The van der Waals surface area contributed by atoms with Gasteiger partial charge in [-0.15, -0.1) is 0 Å². The van der Waals surface area contributed by atoms with E-state index in [4.69, 9.17) is 11.6 Å². The van der Waals surface area contributed by atoms with Crippen LogP contribution in [0.15, 0.2) is 24.5 Å². The van der Waals surface area contributed by atoms with Gasteiger partial charge in [-0.3, -0.25) is 0 Å². The molecule has 1 aromatic heterocycles. The molecule has 0 radical (unpaired) electrons. The molecule has 0 bridgehead atoms. The maximum absolute atomic E-state index is 12.8. The van der Waals surface area contributed by atoms with Crippen molar-refractivity contribution >= 4 is 34.0 Å². The van der Waals surface area contributed by atoms with Crippen LogP contribution in [-0.4, -0.2) is 9.36 Å². The summed E-state index contributed by atoms with van der Waals surface area (Å²) < 4.78 is 16.6. The summed E-state index contributed by atoms with van der Waals surface area (Å²) >= 11 is 6.83. The van der Waals surface area contributed by atoms with Crippen molar-refractivity contribution in [3.63, 3.8) is 0 Å². The molecule has 0 amide bonds. The molecule has 0 atom stereocenters. The van der Waals surface area contributed by atoms with Crippen LogP contribution in [0.1, 0.15) is 0 Å². The van der Waals surface area contributed by atoms with Gasteiger partial charge in [-0.1, -0.05) is 11.6 Å². The summed E-state index contributed by atoms with van der Waals surface area (Å²) in [5.74, 6) is -0.436. The number of rotatable bonds is 2. The lowest BCUT2D eigenvalue weighted by atomic mass is 10.3. The maximum Gasteiger partial charge on any atom is 0.206 e. The van der Waals surface area contributed by atoms with E-state index in [0.717, 1.165) is 0 Å². The van der Waals surface area contributed by atoms with Gasteiger partial charge >= 0.3 is 0 Å². The van der Waals surface area contributed by atoms with E-state index >= 15 is 0 Å². The number of benzene rings is 1. The molecule has 1 heterocycles. The van der Waals surface area contributed by atoms with E-state index < -0.39 is 5.82 Å². The topological polar surface area (TPSA) is 37.8 Å². The summed E-state index contributed by atoms with van der Waals surface area (Å²) in [5, 5.41) is 3.67. The highest BCUT2D eigenvalue weighted by atomic mass is 35.5. The van der Waals surface area contributed by atoms with Crippen molar-refractivity contribution in [2.24, 2.45) is 0 Å². The maximum atomic E-state index is 12.8. The fourth-order valence-corrected chi connectivity index (χ4v) is 1.56. The van der Waals surface area contributed by atoms with Gasteiger partial charge in [-0.25, -0.2) is 9.37 Å². The molecule has 2 aromatic rings. The highest BCUT2D eigenvalue weighted by Crippen LogP contribution is 2.22. The Hall–Kier alpha value is -1.20.